The van der Waals surface area contributed by atoms with Crippen molar-refractivity contribution < 1.29 is 18.3 Å². The van der Waals surface area contributed by atoms with Crippen molar-refractivity contribution >= 4 is 5.91 Å². The molecule has 22 heavy (non-hydrogen) atoms. The van der Waals surface area contributed by atoms with Gasteiger partial charge in [0.25, 0.3) is 5.91 Å². The zero-order chi connectivity index (χ0) is 15.2. The molecule has 0 bridgehead atoms. The van der Waals surface area contributed by atoms with Crippen molar-refractivity contribution in [2.24, 2.45) is 0 Å². The molecular weight excluding hydrogens is 291 g/mol. The van der Waals surface area contributed by atoms with E-state index in [-0.39, 0.29) is 12.6 Å². The third-order valence-electron chi connectivity index (χ3n) is 4.05. The summed E-state index contributed by atoms with van der Waals surface area (Å²) in [6, 6.07) is 1.81. The smallest absolute Gasteiger partial charge is 0.257 e. The maximum atomic E-state index is 13.6. The first-order valence-corrected chi connectivity index (χ1v) is 7.19. The molecule has 1 aliphatic carbocycles. The van der Waals surface area contributed by atoms with Crippen LogP contribution in [0.4, 0.5) is 4.39 Å². The molecule has 0 spiro atoms. The average molecular weight is 306 g/mol. The number of alkyl halides is 1. The van der Waals surface area contributed by atoms with E-state index >= 15 is 0 Å². The highest BCUT2D eigenvalue weighted by molar-refractivity contribution is 5.87. The van der Waals surface area contributed by atoms with Crippen LogP contribution in [-0.4, -0.2) is 39.2 Å². The van der Waals surface area contributed by atoms with Gasteiger partial charge in [0, 0.05) is 12.1 Å². The summed E-state index contributed by atoms with van der Waals surface area (Å²) in [5.41, 5.74) is 0.802. The Morgan fingerprint density at radius 3 is 3.14 bits per heavy atom. The molecule has 3 heterocycles. The molecule has 2 aromatic rings. The minimum atomic E-state index is -1.65. The number of furan rings is 1. The van der Waals surface area contributed by atoms with Crippen molar-refractivity contribution in [3.8, 4) is 11.3 Å². The molecule has 0 radical (unpaired) electrons. The van der Waals surface area contributed by atoms with Crippen LogP contribution in [-0.2, 0) is 22.7 Å². The van der Waals surface area contributed by atoms with Crippen molar-refractivity contribution in [1.29, 1.82) is 0 Å². The molecule has 1 aliphatic heterocycles. The first-order valence-electron chi connectivity index (χ1n) is 7.19. The standard InChI is InChI=1S/C14H15FN4O3/c15-14(2-3-14)13(20)16-5-10-6-19-11(8-22-10)12(17-18-19)9-1-4-21-7-9/h1,4,7,10H,2-3,5-6,8H2,(H,16,20). The summed E-state index contributed by atoms with van der Waals surface area (Å²) in [6.07, 6.45) is 3.57. The van der Waals surface area contributed by atoms with Crippen LogP contribution < -0.4 is 5.32 Å². The van der Waals surface area contributed by atoms with Crippen LogP contribution in [0.25, 0.3) is 11.3 Å². The number of carbonyl (C=O) groups is 1. The quantitative estimate of drug-likeness (QED) is 0.913. The fourth-order valence-corrected chi connectivity index (χ4v) is 2.51. The van der Waals surface area contributed by atoms with Gasteiger partial charge in [0.05, 0.1) is 37.5 Å². The van der Waals surface area contributed by atoms with E-state index in [1.807, 2.05) is 6.07 Å². The van der Waals surface area contributed by atoms with Gasteiger partial charge in [-0.05, 0) is 18.9 Å². The molecule has 0 aromatic carbocycles. The molecule has 1 atom stereocenters. The highest BCUT2D eigenvalue weighted by Gasteiger charge is 2.50. The Morgan fingerprint density at radius 1 is 1.55 bits per heavy atom. The second-order valence-electron chi connectivity index (χ2n) is 5.69. The Labute approximate surface area is 125 Å². The molecule has 1 amide bonds. The minimum absolute atomic E-state index is 0.238. The predicted molar refractivity (Wildman–Crippen MR) is 72.4 cm³/mol. The second kappa shape index (κ2) is 4.91. The topological polar surface area (TPSA) is 82.2 Å². The lowest BCUT2D eigenvalue weighted by Gasteiger charge is -2.24. The first-order chi connectivity index (χ1) is 10.7. The van der Waals surface area contributed by atoms with Crippen LogP contribution in [0.3, 0.4) is 0 Å². The number of fused-ring (bicyclic) bond motifs is 1. The molecule has 2 aliphatic rings. The number of nitrogens with one attached hydrogen (secondary N) is 1. The van der Waals surface area contributed by atoms with Crippen molar-refractivity contribution in [2.45, 2.75) is 37.8 Å². The zero-order valence-corrected chi connectivity index (χ0v) is 11.8. The molecule has 116 valence electrons. The number of halogens is 1. The monoisotopic (exact) mass is 306 g/mol. The van der Waals surface area contributed by atoms with E-state index in [4.69, 9.17) is 9.15 Å². The lowest BCUT2D eigenvalue weighted by molar-refractivity contribution is -0.128. The van der Waals surface area contributed by atoms with Gasteiger partial charge in [-0.1, -0.05) is 5.21 Å². The second-order valence-corrected chi connectivity index (χ2v) is 5.69. The number of carbonyl (C=O) groups excluding carboxylic acids is 1. The summed E-state index contributed by atoms with van der Waals surface area (Å²) in [6.45, 7) is 1.08. The van der Waals surface area contributed by atoms with Crippen LogP contribution in [0.5, 0.6) is 0 Å². The van der Waals surface area contributed by atoms with E-state index in [9.17, 15) is 9.18 Å². The third kappa shape index (κ3) is 2.29. The van der Waals surface area contributed by atoms with E-state index in [0.29, 0.717) is 26.0 Å². The lowest BCUT2D eigenvalue weighted by Crippen LogP contribution is -2.42. The van der Waals surface area contributed by atoms with Gasteiger partial charge in [0.2, 0.25) is 0 Å². The Balaban J connectivity index is 1.41. The van der Waals surface area contributed by atoms with Gasteiger partial charge in [-0.15, -0.1) is 5.10 Å². The van der Waals surface area contributed by atoms with Gasteiger partial charge in [0.1, 0.15) is 5.69 Å². The normalized spacial score (nSPS) is 22.1. The Morgan fingerprint density at radius 2 is 2.41 bits per heavy atom. The summed E-state index contributed by atoms with van der Waals surface area (Å²) < 4.78 is 26.1. The van der Waals surface area contributed by atoms with Crippen LogP contribution in [0.15, 0.2) is 23.0 Å². The van der Waals surface area contributed by atoms with Crippen LogP contribution in [0, 0.1) is 0 Å². The van der Waals surface area contributed by atoms with Gasteiger partial charge in [-0.25, -0.2) is 9.07 Å². The minimum Gasteiger partial charge on any atom is -0.472 e. The number of aromatic nitrogens is 3. The average Bonchev–Trinajstić information content (AvgIpc) is 2.96. The van der Waals surface area contributed by atoms with Crippen LogP contribution in [0.2, 0.25) is 0 Å². The van der Waals surface area contributed by atoms with E-state index < -0.39 is 11.6 Å². The van der Waals surface area contributed by atoms with Crippen molar-refractivity contribution in [3.05, 3.63) is 24.3 Å². The summed E-state index contributed by atoms with van der Waals surface area (Å²) >= 11 is 0. The van der Waals surface area contributed by atoms with Gasteiger partial charge in [-0.2, -0.15) is 0 Å². The number of nitrogens with zero attached hydrogens (tertiary/aromatic N) is 3. The molecule has 1 unspecified atom stereocenters. The summed E-state index contributed by atoms with van der Waals surface area (Å²) in [5.74, 6) is -0.542. The summed E-state index contributed by atoms with van der Waals surface area (Å²) in [5, 5.41) is 10.9. The van der Waals surface area contributed by atoms with Gasteiger partial charge < -0.3 is 14.5 Å². The van der Waals surface area contributed by atoms with Gasteiger partial charge in [0.15, 0.2) is 5.67 Å². The summed E-state index contributed by atoms with van der Waals surface area (Å²) in [7, 11) is 0. The SMILES string of the molecule is O=C(NCC1Cn2nnc(-c3ccoc3)c2CO1)C1(F)CC1. The number of rotatable bonds is 4. The van der Waals surface area contributed by atoms with Gasteiger partial charge in [-0.3, -0.25) is 4.79 Å². The van der Waals surface area contributed by atoms with E-state index in [2.05, 4.69) is 15.6 Å². The van der Waals surface area contributed by atoms with E-state index in [1.165, 1.54) is 0 Å². The molecule has 0 saturated heterocycles. The molecule has 2 aromatic heterocycles. The molecule has 8 heteroatoms. The lowest BCUT2D eigenvalue weighted by atomic mass is 10.2. The highest BCUT2D eigenvalue weighted by atomic mass is 19.1. The molecule has 4 rings (SSSR count). The van der Waals surface area contributed by atoms with Crippen molar-refractivity contribution in [2.75, 3.05) is 6.54 Å². The van der Waals surface area contributed by atoms with Crippen molar-refractivity contribution in [3.63, 3.8) is 0 Å². The first kappa shape index (κ1) is 13.4. The fraction of sp³-hybridized carbons (Fsp3) is 0.500. The highest BCUT2D eigenvalue weighted by Crippen LogP contribution is 2.39. The third-order valence-corrected chi connectivity index (χ3v) is 4.05. The number of hydrogen-bond acceptors (Lipinski definition) is 5. The molecule has 7 nitrogen and oxygen atoms in total. The van der Waals surface area contributed by atoms with Crippen LogP contribution in [0.1, 0.15) is 18.5 Å². The predicted octanol–water partition coefficient (Wildman–Crippen LogP) is 1.06. The van der Waals surface area contributed by atoms with E-state index in [1.54, 1.807) is 17.2 Å². The summed E-state index contributed by atoms with van der Waals surface area (Å²) in [4.78, 5) is 11.6. The fourth-order valence-electron chi connectivity index (χ4n) is 2.51. The number of amides is 1. The Kier molecular flexibility index (Phi) is 3.00. The molecular formula is C14H15FN4O3. The zero-order valence-electron chi connectivity index (χ0n) is 11.8. The number of ether oxygens (including phenoxy) is 1. The largest absolute Gasteiger partial charge is 0.472 e. The molecule has 1 N–H and O–H groups in total. The Hall–Kier alpha value is -2.22. The maximum absolute atomic E-state index is 13.6. The van der Waals surface area contributed by atoms with E-state index in [0.717, 1.165) is 17.0 Å². The van der Waals surface area contributed by atoms with Gasteiger partial charge >= 0.3 is 0 Å². The van der Waals surface area contributed by atoms with Crippen molar-refractivity contribution in [1.82, 2.24) is 20.3 Å². The van der Waals surface area contributed by atoms with Crippen LogP contribution >= 0.6 is 0 Å². The maximum Gasteiger partial charge on any atom is 0.257 e. The molecule has 1 saturated carbocycles. The Bertz CT molecular complexity index is 693. The number of hydrogen-bond donors (Lipinski definition) is 1. The molecule has 1 fully saturated rings.